The summed E-state index contributed by atoms with van der Waals surface area (Å²) in [6, 6.07) is 24.8. The van der Waals surface area contributed by atoms with Crippen LogP contribution in [0.3, 0.4) is 0 Å². The summed E-state index contributed by atoms with van der Waals surface area (Å²) in [6.45, 7) is 2.05. The standard InChI is InChI=1S/C24H18N2O2/c1-16-5-4-6-19(13-16)22-14-20(17-8-10-18(11-9-17)24(27)28)15-23(26-22)21-7-2-3-12-25-21/h2-15H,1H3,(H,27,28). The Bertz CT molecular complexity index is 1140. The van der Waals surface area contributed by atoms with Crippen LogP contribution in [0.25, 0.3) is 33.8 Å². The minimum Gasteiger partial charge on any atom is -0.478 e. The van der Waals surface area contributed by atoms with E-state index in [4.69, 9.17) is 10.1 Å². The molecule has 0 atom stereocenters. The normalized spacial score (nSPS) is 10.6. The third-order valence-electron chi connectivity index (χ3n) is 4.53. The first-order valence-electron chi connectivity index (χ1n) is 8.94. The average molecular weight is 366 g/mol. The molecule has 0 amide bonds. The van der Waals surface area contributed by atoms with Gasteiger partial charge in [-0.2, -0.15) is 0 Å². The van der Waals surface area contributed by atoms with Gasteiger partial charge in [-0.3, -0.25) is 4.98 Å². The molecule has 4 rings (SSSR count). The van der Waals surface area contributed by atoms with E-state index in [9.17, 15) is 4.79 Å². The van der Waals surface area contributed by atoms with Crippen molar-refractivity contribution in [2.45, 2.75) is 6.92 Å². The van der Waals surface area contributed by atoms with Crippen molar-refractivity contribution in [3.05, 3.63) is 96.2 Å². The van der Waals surface area contributed by atoms with Crippen molar-refractivity contribution >= 4 is 5.97 Å². The van der Waals surface area contributed by atoms with Crippen molar-refractivity contribution in [3.8, 4) is 33.8 Å². The number of aryl methyl sites for hydroxylation is 1. The maximum atomic E-state index is 11.1. The zero-order valence-corrected chi connectivity index (χ0v) is 15.3. The van der Waals surface area contributed by atoms with Crippen LogP contribution in [0.4, 0.5) is 0 Å². The van der Waals surface area contributed by atoms with Crippen molar-refractivity contribution in [2.75, 3.05) is 0 Å². The summed E-state index contributed by atoms with van der Waals surface area (Å²) < 4.78 is 0. The molecule has 0 saturated heterocycles. The monoisotopic (exact) mass is 366 g/mol. The van der Waals surface area contributed by atoms with Crippen LogP contribution in [0, 0.1) is 6.92 Å². The predicted octanol–water partition coefficient (Wildman–Crippen LogP) is 5.48. The van der Waals surface area contributed by atoms with Gasteiger partial charge in [0, 0.05) is 11.8 Å². The number of benzene rings is 2. The van der Waals surface area contributed by atoms with Crippen molar-refractivity contribution in [2.24, 2.45) is 0 Å². The lowest BCUT2D eigenvalue weighted by atomic mass is 9.99. The van der Waals surface area contributed by atoms with Crippen LogP contribution in [0.1, 0.15) is 15.9 Å². The maximum absolute atomic E-state index is 11.1. The molecule has 0 aliphatic rings. The van der Waals surface area contributed by atoms with E-state index >= 15 is 0 Å². The smallest absolute Gasteiger partial charge is 0.335 e. The minimum atomic E-state index is -0.934. The van der Waals surface area contributed by atoms with E-state index < -0.39 is 5.97 Å². The lowest BCUT2D eigenvalue weighted by Crippen LogP contribution is -1.96. The Balaban J connectivity index is 1.88. The van der Waals surface area contributed by atoms with Gasteiger partial charge in [0.15, 0.2) is 0 Å². The van der Waals surface area contributed by atoms with Crippen LogP contribution in [-0.4, -0.2) is 21.0 Å². The van der Waals surface area contributed by atoms with Gasteiger partial charge in [0.25, 0.3) is 0 Å². The van der Waals surface area contributed by atoms with E-state index in [0.717, 1.165) is 39.3 Å². The van der Waals surface area contributed by atoms with Crippen molar-refractivity contribution in [3.63, 3.8) is 0 Å². The summed E-state index contributed by atoms with van der Waals surface area (Å²) in [5.41, 5.74) is 6.77. The zero-order chi connectivity index (χ0) is 19.5. The van der Waals surface area contributed by atoms with Crippen LogP contribution < -0.4 is 0 Å². The third kappa shape index (κ3) is 3.67. The molecule has 0 fully saturated rings. The quantitative estimate of drug-likeness (QED) is 0.519. The van der Waals surface area contributed by atoms with Crippen LogP contribution in [0.2, 0.25) is 0 Å². The van der Waals surface area contributed by atoms with E-state index in [1.165, 1.54) is 0 Å². The van der Waals surface area contributed by atoms with Crippen LogP contribution in [-0.2, 0) is 0 Å². The van der Waals surface area contributed by atoms with Gasteiger partial charge in [-0.15, -0.1) is 0 Å². The summed E-state index contributed by atoms with van der Waals surface area (Å²) in [4.78, 5) is 20.4. The van der Waals surface area contributed by atoms with Crippen LogP contribution in [0.5, 0.6) is 0 Å². The first kappa shape index (κ1) is 17.6. The van der Waals surface area contributed by atoms with Gasteiger partial charge >= 0.3 is 5.97 Å². The number of pyridine rings is 2. The second-order valence-corrected chi connectivity index (χ2v) is 6.59. The van der Waals surface area contributed by atoms with Gasteiger partial charge < -0.3 is 5.11 Å². The molecule has 4 heteroatoms. The molecule has 136 valence electrons. The molecule has 28 heavy (non-hydrogen) atoms. The summed E-state index contributed by atoms with van der Waals surface area (Å²) >= 11 is 0. The summed E-state index contributed by atoms with van der Waals surface area (Å²) in [5.74, 6) is -0.934. The topological polar surface area (TPSA) is 63.1 Å². The molecule has 4 nitrogen and oxygen atoms in total. The Labute approximate surface area is 163 Å². The Hall–Kier alpha value is -3.79. The number of carboxylic acid groups (broad SMARTS) is 1. The summed E-state index contributed by atoms with van der Waals surface area (Å²) in [7, 11) is 0. The van der Waals surface area contributed by atoms with Gasteiger partial charge in [0.2, 0.25) is 0 Å². The zero-order valence-electron chi connectivity index (χ0n) is 15.3. The fraction of sp³-hybridized carbons (Fsp3) is 0.0417. The van der Waals surface area contributed by atoms with E-state index in [-0.39, 0.29) is 5.56 Å². The van der Waals surface area contributed by atoms with E-state index in [0.29, 0.717) is 0 Å². The average Bonchev–Trinajstić information content (AvgIpc) is 2.74. The Kier molecular flexibility index (Phi) is 4.68. The van der Waals surface area contributed by atoms with Crippen molar-refractivity contribution < 1.29 is 9.90 Å². The van der Waals surface area contributed by atoms with Gasteiger partial charge in [-0.05, 0) is 60.5 Å². The van der Waals surface area contributed by atoms with E-state index in [1.807, 2.05) is 54.6 Å². The number of carboxylic acids is 1. The first-order valence-corrected chi connectivity index (χ1v) is 8.94. The van der Waals surface area contributed by atoms with Gasteiger partial charge in [-0.1, -0.05) is 42.0 Å². The number of carbonyl (C=O) groups is 1. The highest BCUT2D eigenvalue weighted by molar-refractivity contribution is 5.88. The Morgan fingerprint density at radius 2 is 1.54 bits per heavy atom. The molecule has 0 saturated carbocycles. The molecule has 2 heterocycles. The van der Waals surface area contributed by atoms with Gasteiger partial charge in [0.1, 0.15) is 0 Å². The summed E-state index contributed by atoms with van der Waals surface area (Å²) in [6.07, 6.45) is 1.75. The number of hydrogen-bond acceptors (Lipinski definition) is 3. The molecule has 2 aromatic heterocycles. The molecule has 0 spiro atoms. The molecule has 0 radical (unpaired) electrons. The maximum Gasteiger partial charge on any atom is 0.335 e. The summed E-state index contributed by atoms with van der Waals surface area (Å²) in [5, 5.41) is 9.14. The van der Waals surface area contributed by atoms with Gasteiger partial charge in [-0.25, -0.2) is 9.78 Å². The highest BCUT2D eigenvalue weighted by Gasteiger charge is 2.10. The Morgan fingerprint density at radius 1 is 0.750 bits per heavy atom. The number of aromatic carboxylic acids is 1. The number of aromatic nitrogens is 2. The van der Waals surface area contributed by atoms with Crippen LogP contribution >= 0.6 is 0 Å². The number of hydrogen-bond donors (Lipinski definition) is 1. The second-order valence-electron chi connectivity index (χ2n) is 6.59. The molecule has 0 aliphatic heterocycles. The molecular weight excluding hydrogens is 348 g/mol. The minimum absolute atomic E-state index is 0.265. The van der Waals surface area contributed by atoms with E-state index in [1.54, 1.807) is 18.3 Å². The third-order valence-corrected chi connectivity index (χ3v) is 4.53. The fourth-order valence-electron chi connectivity index (χ4n) is 3.10. The largest absolute Gasteiger partial charge is 0.478 e. The molecule has 0 unspecified atom stereocenters. The van der Waals surface area contributed by atoms with E-state index in [2.05, 4.69) is 24.0 Å². The SMILES string of the molecule is Cc1cccc(-c2cc(-c3ccc(C(=O)O)cc3)cc(-c3ccccn3)n2)c1. The Morgan fingerprint density at radius 3 is 2.21 bits per heavy atom. The number of rotatable bonds is 4. The fourth-order valence-corrected chi connectivity index (χ4v) is 3.10. The molecular formula is C24H18N2O2. The molecule has 0 aliphatic carbocycles. The molecule has 1 N–H and O–H groups in total. The van der Waals surface area contributed by atoms with Gasteiger partial charge in [0.05, 0.1) is 22.6 Å². The first-order chi connectivity index (χ1) is 13.6. The lowest BCUT2D eigenvalue weighted by molar-refractivity contribution is 0.0697. The van der Waals surface area contributed by atoms with Crippen molar-refractivity contribution in [1.29, 1.82) is 0 Å². The van der Waals surface area contributed by atoms with Crippen LogP contribution in [0.15, 0.2) is 85.1 Å². The molecule has 4 aromatic rings. The highest BCUT2D eigenvalue weighted by Crippen LogP contribution is 2.30. The number of nitrogens with zero attached hydrogens (tertiary/aromatic N) is 2. The second kappa shape index (κ2) is 7.45. The molecule has 0 bridgehead atoms. The van der Waals surface area contributed by atoms with Crippen molar-refractivity contribution in [1.82, 2.24) is 9.97 Å². The molecule has 2 aromatic carbocycles. The lowest BCUT2D eigenvalue weighted by Gasteiger charge is -2.10. The predicted molar refractivity (Wildman–Crippen MR) is 110 cm³/mol. The highest BCUT2D eigenvalue weighted by atomic mass is 16.4.